The van der Waals surface area contributed by atoms with Crippen molar-refractivity contribution in [3.05, 3.63) is 35.9 Å². The van der Waals surface area contributed by atoms with Crippen LogP contribution >= 0.6 is 0 Å². The molecule has 0 aliphatic carbocycles. The van der Waals surface area contributed by atoms with E-state index < -0.39 is 6.10 Å². The number of hydrogen-bond donors (Lipinski definition) is 1. The Morgan fingerprint density at radius 2 is 1.84 bits per heavy atom. The van der Waals surface area contributed by atoms with E-state index in [9.17, 15) is 14.7 Å². The molecule has 25 heavy (non-hydrogen) atoms. The van der Waals surface area contributed by atoms with Crippen LogP contribution in [0, 0.1) is 5.92 Å². The molecule has 1 aromatic rings. The van der Waals surface area contributed by atoms with E-state index in [4.69, 9.17) is 0 Å². The lowest BCUT2D eigenvalue weighted by Crippen LogP contribution is -2.52. The van der Waals surface area contributed by atoms with Crippen molar-refractivity contribution in [2.75, 3.05) is 46.3 Å². The van der Waals surface area contributed by atoms with Gasteiger partial charge in [-0.15, -0.1) is 0 Å². The third kappa shape index (κ3) is 4.38. The summed E-state index contributed by atoms with van der Waals surface area (Å²) in [5.41, 5.74) is 0.922. The number of nitrogens with zero attached hydrogens (tertiary/aromatic N) is 3. The van der Waals surface area contributed by atoms with E-state index in [0.717, 1.165) is 25.1 Å². The molecule has 1 aromatic carbocycles. The fourth-order valence-electron chi connectivity index (χ4n) is 3.59. The van der Waals surface area contributed by atoms with Gasteiger partial charge in [0, 0.05) is 58.7 Å². The second-order valence-corrected chi connectivity index (χ2v) is 7.06. The number of hydrogen-bond acceptors (Lipinski definition) is 4. The number of likely N-dealkylation sites (tertiary alicyclic amines) is 1. The number of carbonyl (C=O) groups excluding carboxylic acids is 2. The lowest BCUT2D eigenvalue weighted by atomic mass is 9.94. The molecule has 6 heteroatoms. The molecule has 0 bridgehead atoms. The predicted molar refractivity (Wildman–Crippen MR) is 94.8 cm³/mol. The average molecular weight is 345 g/mol. The number of aliphatic hydroxyl groups excluding tert-OH is 1. The van der Waals surface area contributed by atoms with Gasteiger partial charge in [-0.1, -0.05) is 30.3 Å². The largest absolute Gasteiger partial charge is 0.387 e. The van der Waals surface area contributed by atoms with Crippen molar-refractivity contribution in [3.63, 3.8) is 0 Å². The van der Waals surface area contributed by atoms with Gasteiger partial charge in [0.15, 0.2) is 0 Å². The number of benzene rings is 1. The minimum absolute atomic E-state index is 0.0641. The van der Waals surface area contributed by atoms with Gasteiger partial charge in [-0.25, -0.2) is 0 Å². The van der Waals surface area contributed by atoms with E-state index in [1.165, 1.54) is 0 Å². The molecule has 0 radical (unpaired) electrons. The molecule has 2 aliphatic heterocycles. The summed E-state index contributed by atoms with van der Waals surface area (Å²) in [6.07, 6.45) is 0.589. The standard InChI is InChI=1S/C19H27N3O3/c1-20-8-7-16(13-18(20)24)19(25)22-11-9-21(10-12-22)14-17(23)15-5-3-2-4-6-15/h2-6,16-17,23H,7-14H2,1H3/t16-,17+/m0/s1. The molecule has 2 aliphatic rings. The molecule has 1 N–H and O–H groups in total. The maximum Gasteiger partial charge on any atom is 0.226 e. The molecule has 2 saturated heterocycles. The zero-order valence-corrected chi connectivity index (χ0v) is 14.8. The number of β-amino-alcohol motifs (C(OH)–C–C–N with tert-alkyl or cyclic N) is 1. The Morgan fingerprint density at radius 1 is 1.16 bits per heavy atom. The summed E-state index contributed by atoms with van der Waals surface area (Å²) in [7, 11) is 1.79. The topological polar surface area (TPSA) is 64.1 Å². The van der Waals surface area contributed by atoms with E-state index in [1.54, 1.807) is 11.9 Å². The molecule has 0 saturated carbocycles. The molecule has 2 heterocycles. The summed E-state index contributed by atoms with van der Waals surface area (Å²) in [5.74, 6) is 0.0177. The van der Waals surface area contributed by atoms with Crippen LogP contribution in [-0.4, -0.2) is 77.9 Å². The van der Waals surface area contributed by atoms with Crippen molar-refractivity contribution >= 4 is 11.8 Å². The number of rotatable bonds is 4. The Balaban J connectivity index is 1.47. The zero-order valence-electron chi connectivity index (χ0n) is 14.8. The van der Waals surface area contributed by atoms with E-state index in [0.29, 0.717) is 32.6 Å². The van der Waals surface area contributed by atoms with Gasteiger partial charge in [0.1, 0.15) is 0 Å². The number of piperazine rings is 1. The first-order valence-electron chi connectivity index (χ1n) is 9.02. The summed E-state index contributed by atoms with van der Waals surface area (Å²) < 4.78 is 0. The van der Waals surface area contributed by atoms with Crippen LogP contribution in [0.4, 0.5) is 0 Å². The number of aliphatic hydroxyl groups is 1. The highest BCUT2D eigenvalue weighted by molar-refractivity contribution is 5.87. The highest BCUT2D eigenvalue weighted by Gasteiger charge is 2.33. The lowest BCUT2D eigenvalue weighted by molar-refractivity contribution is -0.145. The monoisotopic (exact) mass is 345 g/mol. The van der Waals surface area contributed by atoms with Crippen molar-refractivity contribution in [2.24, 2.45) is 5.92 Å². The highest BCUT2D eigenvalue weighted by Crippen LogP contribution is 2.21. The van der Waals surface area contributed by atoms with Crippen molar-refractivity contribution in [1.29, 1.82) is 0 Å². The van der Waals surface area contributed by atoms with Gasteiger partial charge in [-0.05, 0) is 12.0 Å². The van der Waals surface area contributed by atoms with Crippen LogP contribution in [0.2, 0.25) is 0 Å². The molecular formula is C19H27N3O3. The van der Waals surface area contributed by atoms with Gasteiger partial charge in [-0.2, -0.15) is 0 Å². The zero-order chi connectivity index (χ0) is 17.8. The molecule has 2 amide bonds. The molecule has 0 aromatic heterocycles. The van der Waals surface area contributed by atoms with Crippen molar-refractivity contribution in [2.45, 2.75) is 18.9 Å². The van der Waals surface area contributed by atoms with Crippen LogP contribution in [-0.2, 0) is 9.59 Å². The quantitative estimate of drug-likeness (QED) is 0.874. The Kier molecular flexibility index (Phi) is 5.71. The summed E-state index contributed by atoms with van der Waals surface area (Å²) in [4.78, 5) is 30.2. The Labute approximate surface area is 149 Å². The second-order valence-electron chi connectivity index (χ2n) is 7.06. The van der Waals surface area contributed by atoms with E-state index in [-0.39, 0.29) is 17.7 Å². The van der Waals surface area contributed by atoms with Crippen LogP contribution in [0.25, 0.3) is 0 Å². The maximum absolute atomic E-state index is 12.6. The van der Waals surface area contributed by atoms with E-state index in [1.807, 2.05) is 35.2 Å². The molecule has 2 atom stereocenters. The minimum atomic E-state index is -0.505. The summed E-state index contributed by atoms with van der Waals surface area (Å²) >= 11 is 0. The number of piperidine rings is 1. The third-order valence-corrected chi connectivity index (χ3v) is 5.31. The summed E-state index contributed by atoms with van der Waals surface area (Å²) in [6, 6.07) is 9.66. The minimum Gasteiger partial charge on any atom is -0.387 e. The highest BCUT2D eigenvalue weighted by atomic mass is 16.3. The van der Waals surface area contributed by atoms with Crippen LogP contribution in [0.5, 0.6) is 0 Å². The smallest absolute Gasteiger partial charge is 0.226 e. The van der Waals surface area contributed by atoms with Crippen LogP contribution < -0.4 is 0 Å². The second kappa shape index (κ2) is 7.97. The molecular weight excluding hydrogens is 318 g/mol. The van der Waals surface area contributed by atoms with Gasteiger partial charge >= 0.3 is 0 Å². The van der Waals surface area contributed by atoms with Crippen LogP contribution in [0.15, 0.2) is 30.3 Å². The van der Waals surface area contributed by atoms with Crippen LogP contribution in [0.3, 0.4) is 0 Å². The molecule has 136 valence electrons. The predicted octanol–water partition coefficient (Wildman–Crippen LogP) is 0.733. The molecule has 6 nitrogen and oxygen atoms in total. The van der Waals surface area contributed by atoms with Gasteiger partial charge in [0.2, 0.25) is 11.8 Å². The van der Waals surface area contributed by atoms with Gasteiger partial charge in [0.05, 0.1) is 6.10 Å². The number of amides is 2. The van der Waals surface area contributed by atoms with Gasteiger partial charge in [-0.3, -0.25) is 14.5 Å². The van der Waals surface area contributed by atoms with Crippen molar-refractivity contribution in [3.8, 4) is 0 Å². The van der Waals surface area contributed by atoms with Gasteiger partial charge in [0.25, 0.3) is 0 Å². The van der Waals surface area contributed by atoms with E-state index >= 15 is 0 Å². The number of carbonyl (C=O) groups is 2. The van der Waals surface area contributed by atoms with Gasteiger partial charge < -0.3 is 14.9 Å². The summed E-state index contributed by atoms with van der Waals surface area (Å²) in [6.45, 7) is 4.10. The first-order valence-corrected chi connectivity index (χ1v) is 9.02. The molecule has 0 spiro atoms. The lowest BCUT2D eigenvalue weighted by Gasteiger charge is -2.38. The van der Waals surface area contributed by atoms with E-state index in [2.05, 4.69) is 4.90 Å². The fourth-order valence-corrected chi connectivity index (χ4v) is 3.59. The third-order valence-electron chi connectivity index (χ3n) is 5.31. The Hall–Kier alpha value is -1.92. The maximum atomic E-state index is 12.6. The SMILES string of the molecule is CN1CC[C@H](C(=O)N2CCN(C[C@@H](O)c3ccccc3)CC2)CC1=O. The molecule has 2 fully saturated rings. The first-order chi connectivity index (χ1) is 12.0. The summed E-state index contributed by atoms with van der Waals surface area (Å²) in [5, 5.41) is 10.3. The Morgan fingerprint density at radius 3 is 2.48 bits per heavy atom. The average Bonchev–Trinajstić information content (AvgIpc) is 2.65. The molecule has 0 unspecified atom stereocenters. The van der Waals surface area contributed by atoms with Crippen molar-refractivity contribution < 1.29 is 14.7 Å². The Bertz CT molecular complexity index is 599. The molecule has 3 rings (SSSR count). The van der Waals surface area contributed by atoms with Crippen LogP contribution in [0.1, 0.15) is 24.5 Å². The normalized spacial score (nSPS) is 23.6. The first kappa shape index (κ1) is 17.9. The van der Waals surface area contributed by atoms with Crippen molar-refractivity contribution in [1.82, 2.24) is 14.7 Å². The fraction of sp³-hybridized carbons (Fsp3) is 0.579.